The summed E-state index contributed by atoms with van der Waals surface area (Å²) < 4.78 is 30.1. The van der Waals surface area contributed by atoms with Gasteiger partial charge < -0.3 is 0 Å². The van der Waals surface area contributed by atoms with Crippen LogP contribution < -0.4 is 0 Å². The van der Waals surface area contributed by atoms with E-state index in [2.05, 4.69) is 19.1 Å². The molecule has 0 radical (unpaired) electrons. The Kier molecular flexibility index (Phi) is 12.7. The molecular formula is C24H42O3S. The Morgan fingerprint density at radius 3 is 1.61 bits per heavy atom. The van der Waals surface area contributed by atoms with Crippen LogP contribution in [0.25, 0.3) is 0 Å². The van der Waals surface area contributed by atoms with E-state index in [-0.39, 0.29) is 6.61 Å². The topological polar surface area (TPSA) is 43.4 Å². The van der Waals surface area contributed by atoms with E-state index in [1.54, 1.807) is 6.92 Å². The normalized spacial score (nSPS) is 11.9. The first kappa shape index (κ1) is 25.2. The van der Waals surface area contributed by atoms with Gasteiger partial charge >= 0.3 is 0 Å². The number of hydrogen-bond donors (Lipinski definition) is 0. The van der Waals surface area contributed by atoms with Crippen LogP contribution in [0.4, 0.5) is 0 Å². The fourth-order valence-corrected chi connectivity index (χ4v) is 5.32. The van der Waals surface area contributed by atoms with Gasteiger partial charge in [0.05, 0.1) is 6.61 Å². The Bertz CT molecular complexity index is 625. The fraction of sp³-hybridized carbons (Fsp3) is 0.750. The van der Waals surface area contributed by atoms with E-state index in [1.807, 2.05) is 13.8 Å². The molecule has 0 aliphatic rings. The van der Waals surface area contributed by atoms with Gasteiger partial charge in [-0.05, 0) is 49.3 Å². The minimum atomic E-state index is -3.66. The van der Waals surface area contributed by atoms with Crippen LogP contribution >= 0.6 is 0 Å². The molecule has 0 spiro atoms. The van der Waals surface area contributed by atoms with Crippen molar-refractivity contribution in [3.05, 3.63) is 28.8 Å². The van der Waals surface area contributed by atoms with E-state index >= 15 is 0 Å². The van der Waals surface area contributed by atoms with Crippen molar-refractivity contribution in [3.63, 3.8) is 0 Å². The van der Waals surface area contributed by atoms with Crippen LogP contribution in [-0.2, 0) is 33.6 Å². The Hall–Kier alpha value is -0.870. The van der Waals surface area contributed by atoms with Gasteiger partial charge in [-0.1, -0.05) is 90.7 Å². The summed E-state index contributed by atoms with van der Waals surface area (Å²) in [6, 6.07) is 4.16. The highest BCUT2D eigenvalue weighted by Crippen LogP contribution is 2.27. The Balaban J connectivity index is 2.54. The smallest absolute Gasteiger partial charge is 0.267 e. The van der Waals surface area contributed by atoms with Crippen molar-refractivity contribution in [1.29, 1.82) is 0 Å². The molecule has 0 saturated heterocycles. The molecule has 0 aromatic heterocycles. The Morgan fingerprint density at radius 1 is 0.714 bits per heavy atom. The van der Waals surface area contributed by atoms with Gasteiger partial charge in [0.1, 0.15) is 4.90 Å². The van der Waals surface area contributed by atoms with E-state index < -0.39 is 10.1 Å². The van der Waals surface area contributed by atoms with Gasteiger partial charge in [-0.2, -0.15) is 8.42 Å². The maximum Gasteiger partial charge on any atom is 0.297 e. The molecule has 1 aromatic rings. The van der Waals surface area contributed by atoms with Gasteiger partial charge in [-0.3, -0.25) is 4.18 Å². The molecule has 0 unspecified atom stereocenters. The third-order valence-corrected chi connectivity index (χ3v) is 6.98. The Labute approximate surface area is 174 Å². The number of hydrogen-bond acceptors (Lipinski definition) is 3. The lowest BCUT2D eigenvalue weighted by Crippen LogP contribution is -2.12. The van der Waals surface area contributed by atoms with Gasteiger partial charge in [0, 0.05) is 0 Å². The van der Waals surface area contributed by atoms with Crippen LogP contribution in [0.15, 0.2) is 17.0 Å². The predicted octanol–water partition coefficient (Wildman–Crippen LogP) is 7.00. The lowest BCUT2D eigenvalue weighted by atomic mass is 9.98. The summed E-state index contributed by atoms with van der Waals surface area (Å²) in [5.41, 5.74) is 3.06. The number of unbranched alkanes of at least 4 members (excludes halogenated alkanes) is 9. The van der Waals surface area contributed by atoms with Crippen LogP contribution in [0, 0.1) is 0 Å². The number of aryl methyl sites for hydroxylation is 3. The monoisotopic (exact) mass is 410 g/mol. The first-order valence-electron chi connectivity index (χ1n) is 11.5. The minimum absolute atomic E-state index is 0.176. The Morgan fingerprint density at radius 2 is 1.18 bits per heavy atom. The highest BCUT2D eigenvalue weighted by molar-refractivity contribution is 7.86. The quantitative estimate of drug-likeness (QED) is 0.218. The van der Waals surface area contributed by atoms with Crippen molar-refractivity contribution in [1.82, 2.24) is 0 Å². The van der Waals surface area contributed by atoms with Crippen molar-refractivity contribution in [2.75, 3.05) is 6.61 Å². The molecular weight excluding hydrogens is 368 g/mol. The lowest BCUT2D eigenvalue weighted by molar-refractivity contribution is 0.337. The SMILES string of the molecule is CCCCCCCCCCCCc1cc(CC)c(S(=O)(=O)OCC)c(CC)c1. The van der Waals surface area contributed by atoms with Crippen LogP contribution in [0.1, 0.15) is 109 Å². The van der Waals surface area contributed by atoms with Crippen molar-refractivity contribution in [3.8, 4) is 0 Å². The molecule has 0 N–H and O–H groups in total. The molecule has 0 aliphatic heterocycles. The van der Waals surface area contributed by atoms with Crippen molar-refractivity contribution >= 4 is 10.1 Å². The first-order chi connectivity index (χ1) is 13.5. The predicted molar refractivity (Wildman–Crippen MR) is 120 cm³/mol. The maximum atomic E-state index is 12.5. The van der Waals surface area contributed by atoms with E-state index in [0.717, 1.165) is 17.5 Å². The maximum absolute atomic E-state index is 12.5. The summed E-state index contributed by atoms with van der Waals surface area (Å²) in [6.07, 6.45) is 15.8. The third kappa shape index (κ3) is 8.65. The molecule has 0 fully saturated rings. The average molecular weight is 411 g/mol. The van der Waals surface area contributed by atoms with Crippen LogP contribution in [-0.4, -0.2) is 15.0 Å². The second-order valence-electron chi connectivity index (χ2n) is 7.74. The summed E-state index contributed by atoms with van der Waals surface area (Å²) in [4.78, 5) is 0.408. The molecule has 162 valence electrons. The summed E-state index contributed by atoms with van der Waals surface area (Å²) in [7, 11) is -3.66. The fourth-order valence-electron chi connectivity index (χ4n) is 3.85. The van der Waals surface area contributed by atoms with Crippen LogP contribution in [0.5, 0.6) is 0 Å². The van der Waals surface area contributed by atoms with Gasteiger partial charge in [0.2, 0.25) is 0 Å². The average Bonchev–Trinajstić information content (AvgIpc) is 2.68. The van der Waals surface area contributed by atoms with E-state index in [4.69, 9.17) is 4.18 Å². The zero-order valence-electron chi connectivity index (χ0n) is 18.7. The molecule has 4 heteroatoms. The molecule has 0 saturated carbocycles. The van der Waals surface area contributed by atoms with Crippen LogP contribution in [0.2, 0.25) is 0 Å². The van der Waals surface area contributed by atoms with E-state index in [9.17, 15) is 8.42 Å². The van der Waals surface area contributed by atoms with Crippen molar-refractivity contribution in [2.24, 2.45) is 0 Å². The zero-order valence-corrected chi connectivity index (χ0v) is 19.5. The summed E-state index contributed by atoms with van der Waals surface area (Å²) in [5, 5.41) is 0. The molecule has 1 aromatic carbocycles. The van der Waals surface area contributed by atoms with Crippen LogP contribution in [0.3, 0.4) is 0 Å². The molecule has 28 heavy (non-hydrogen) atoms. The van der Waals surface area contributed by atoms with E-state index in [1.165, 1.54) is 69.8 Å². The molecule has 0 bridgehead atoms. The van der Waals surface area contributed by atoms with Gasteiger partial charge in [0.25, 0.3) is 10.1 Å². The van der Waals surface area contributed by atoms with Gasteiger partial charge in [-0.25, -0.2) is 0 Å². The molecule has 0 heterocycles. The second-order valence-corrected chi connectivity index (χ2v) is 9.30. The standard InChI is InChI=1S/C24H42O3S/c1-5-9-10-11-12-13-14-15-16-17-18-21-19-22(6-2)24(23(7-3)20-21)28(25,26)27-8-4/h19-20H,5-18H2,1-4H3. The van der Waals surface area contributed by atoms with Crippen molar-refractivity contribution in [2.45, 2.75) is 116 Å². The molecule has 3 nitrogen and oxygen atoms in total. The van der Waals surface area contributed by atoms with Gasteiger partial charge in [-0.15, -0.1) is 0 Å². The highest BCUT2D eigenvalue weighted by atomic mass is 32.2. The highest BCUT2D eigenvalue weighted by Gasteiger charge is 2.22. The molecule has 0 amide bonds. The largest absolute Gasteiger partial charge is 0.297 e. The molecule has 0 atom stereocenters. The third-order valence-electron chi connectivity index (χ3n) is 5.41. The van der Waals surface area contributed by atoms with Crippen molar-refractivity contribution < 1.29 is 12.6 Å². The molecule has 1 rings (SSSR count). The lowest BCUT2D eigenvalue weighted by Gasteiger charge is -2.16. The number of rotatable bonds is 16. The molecule has 0 aliphatic carbocycles. The second kappa shape index (κ2) is 14.2. The number of benzene rings is 1. The zero-order chi connectivity index (χ0) is 20.8. The van der Waals surface area contributed by atoms with Gasteiger partial charge in [0.15, 0.2) is 0 Å². The van der Waals surface area contributed by atoms with E-state index in [0.29, 0.717) is 17.7 Å². The summed E-state index contributed by atoms with van der Waals surface area (Å²) in [5.74, 6) is 0. The first-order valence-corrected chi connectivity index (χ1v) is 12.9. The summed E-state index contributed by atoms with van der Waals surface area (Å²) >= 11 is 0. The minimum Gasteiger partial charge on any atom is -0.267 e. The summed E-state index contributed by atoms with van der Waals surface area (Å²) in [6.45, 7) is 8.19.